The van der Waals surface area contributed by atoms with Gasteiger partial charge in [0.05, 0.1) is 27.9 Å². The van der Waals surface area contributed by atoms with E-state index in [1.54, 1.807) is 6.07 Å². The van der Waals surface area contributed by atoms with Gasteiger partial charge in [-0.2, -0.15) is 4.39 Å². The Kier molecular flexibility index (Phi) is 7.46. The number of benzene rings is 1. The van der Waals surface area contributed by atoms with Gasteiger partial charge in [-0.15, -0.1) is 0 Å². The number of phenolic OH excluding ortho intramolecular Hbond substituents is 1. The zero-order chi connectivity index (χ0) is 31.4. The Hall–Kier alpha value is -4.62. The summed E-state index contributed by atoms with van der Waals surface area (Å²) in [5, 5.41) is 12.8. The molecule has 44 heavy (non-hydrogen) atoms. The lowest BCUT2D eigenvalue weighted by Crippen LogP contribution is -2.49. The van der Waals surface area contributed by atoms with Crippen LogP contribution in [0, 0.1) is 11.6 Å². The summed E-state index contributed by atoms with van der Waals surface area (Å²) in [5.74, 6) is -3.68. The SMILES string of the molecule is C=C1CN(C)CC(C)N1c1cc(NC(=O)Cn2cc(-c3cc(C=O)c(O)c(F)c3F)c3c(=O)n4c(nc32)CCC4)c(Cl)cn1. The lowest BCUT2D eigenvalue weighted by molar-refractivity contribution is -0.116. The standard InChI is InChI=1S/C30H28ClF2N7O4/c1-15-10-37(3)11-16(2)40(15)23-8-21(20(31)9-34-23)35-24(42)13-38-12-19(18-7-17(14-41)28(43)27(33)26(18)32)25-29(38)36-22-5-4-6-39(22)30(25)44/h7-9,12,14,16,43H,1,4-6,10-11,13H2,2-3H3,(H,34,35,42). The highest BCUT2D eigenvalue weighted by Crippen LogP contribution is 2.36. The fourth-order valence-corrected chi connectivity index (χ4v) is 6.21. The van der Waals surface area contributed by atoms with E-state index in [4.69, 9.17) is 11.6 Å². The minimum atomic E-state index is -1.63. The van der Waals surface area contributed by atoms with Crippen molar-refractivity contribution in [2.24, 2.45) is 0 Å². The molecule has 2 aliphatic rings. The number of aldehydes is 1. The average Bonchev–Trinajstić information content (AvgIpc) is 3.59. The van der Waals surface area contributed by atoms with Crippen molar-refractivity contribution >= 4 is 46.3 Å². The van der Waals surface area contributed by atoms with Crippen LogP contribution in [0.4, 0.5) is 20.3 Å². The lowest BCUT2D eigenvalue weighted by atomic mass is 10.0. The van der Waals surface area contributed by atoms with Crippen molar-refractivity contribution < 1.29 is 23.5 Å². The number of fused-ring (bicyclic) bond motifs is 2. The fourth-order valence-electron chi connectivity index (χ4n) is 6.06. The molecule has 6 rings (SSSR count). The first kappa shape index (κ1) is 29.5. The lowest BCUT2D eigenvalue weighted by Gasteiger charge is -2.40. The molecule has 0 saturated carbocycles. The Morgan fingerprint density at radius 3 is 2.77 bits per heavy atom. The molecule has 5 heterocycles. The van der Waals surface area contributed by atoms with Crippen molar-refractivity contribution in [3.05, 3.63) is 75.2 Å². The Bertz CT molecular complexity index is 1940. The summed E-state index contributed by atoms with van der Waals surface area (Å²) in [5.41, 5.74) is -0.240. The number of likely N-dealkylation sites (N-methyl/N-ethyl adjacent to an activating group) is 1. The highest BCUT2D eigenvalue weighted by Gasteiger charge is 2.28. The topological polar surface area (TPSA) is 126 Å². The van der Waals surface area contributed by atoms with Crippen molar-refractivity contribution in [1.29, 1.82) is 0 Å². The third-order valence-corrected chi connectivity index (χ3v) is 8.25. The first-order valence-corrected chi connectivity index (χ1v) is 14.3. The first-order chi connectivity index (χ1) is 21.0. The van der Waals surface area contributed by atoms with E-state index in [0.717, 1.165) is 18.3 Å². The summed E-state index contributed by atoms with van der Waals surface area (Å²) in [4.78, 5) is 51.6. The van der Waals surface area contributed by atoms with Crippen LogP contribution in [0.25, 0.3) is 22.2 Å². The number of phenols is 1. The summed E-state index contributed by atoms with van der Waals surface area (Å²) in [7, 11) is 2.00. The number of hydrogen-bond donors (Lipinski definition) is 2. The second-order valence-electron chi connectivity index (χ2n) is 11.1. The van der Waals surface area contributed by atoms with Crippen molar-refractivity contribution in [2.75, 3.05) is 30.4 Å². The van der Waals surface area contributed by atoms with Crippen LogP contribution in [-0.2, 0) is 24.3 Å². The van der Waals surface area contributed by atoms with Gasteiger partial charge in [0.25, 0.3) is 5.56 Å². The molecule has 228 valence electrons. The molecule has 1 amide bonds. The minimum Gasteiger partial charge on any atom is -0.504 e. The third-order valence-electron chi connectivity index (χ3n) is 7.95. The van der Waals surface area contributed by atoms with E-state index in [2.05, 4.69) is 26.8 Å². The number of rotatable bonds is 6. The van der Waals surface area contributed by atoms with Gasteiger partial charge in [0, 0.05) is 61.2 Å². The number of pyridine rings is 1. The number of carbonyl (C=O) groups excluding carboxylic acids is 2. The zero-order valence-electron chi connectivity index (χ0n) is 23.9. The Morgan fingerprint density at radius 2 is 2.05 bits per heavy atom. The largest absolute Gasteiger partial charge is 0.504 e. The van der Waals surface area contributed by atoms with Crippen molar-refractivity contribution in [2.45, 2.75) is 38.9 Å². The number of aryl methyl sites for hydroxylation is 1. The minimum absolute atomic E-state index is 0.0453. The number of hydrogen-bond acceptors (Lipinski definition) is 8. The predicted octanol–water partition coefficient (Wildman–Crippen LogP) is 3.95. The van der Waals surface area contributed by atoms with E-state index in [1.165, 1.54) is 21.5 Å². The van der Waals surface area contributed by atoms with E-state index in [0.29, 0.717) is 43.3 Å². The van der Waals surface area contributed by atoms with Crippen LogP contribution in [0.3, 0.4) is 0 Å². The van der Waals surface area contributed by atoms with Crippen molar-refractivity contribution in [3.8, 4) is 16.9 Å². The number of carbonyl (C=O) groups is 2. The molecule has 1 fully saturated rings. The second-order valence-corrected chi connectivity index (χ2v) is 11.5. The molecule has 1 saturated heterocycles. The molecule has 2 N–H and O–H groups in total. The van der Waals surface area contributed by atoms with E-state index >= 15 is 4.39 Å². The van der Waals surface area contributed by atoms with Gasteiger partial charge in [0.15, 0.2) is 17.9 Å². The Balaban J connectivity index is 1.39. The van der Waals surface area contributed by atoms with Crippen LogP contribution in [0.1, 0.15) is 29.5 Å². The van der Waals surface area contributed by atoms with Crippen LogP contribution < -0.4 is 15.8 Å². The second kappa shape index (κ2) is 11.1. The van der Waals surface area contributed by atoms with Crippen LogP contribution in [-0.4, -0.2) is 67.5 Å². The summed E-state index contributed by atoms with van der Waals surface area (Å²) < 4.78 is 32.6. The first-order valence-electron chi connectivity index (χ1n) is 13.9. The maximum atomic E-state index is 15.2. The molecule has 4 aromatic rings. The molecule has 0 bridgehead atoms. The summed E-state index contributed by atoms with van der Waals surface area (Å²) in [6.45, 7) is 7.67. The van der Waals surface area contributed by atoms with E-state index in [1.807, 2.05) is 18.9 Å². The van der Waals surface area contributed by atoms with Gasteiger partial charge in [-0.1, -0.05) is 18.2 Å². The van der Waals surface area contributed by atoms with Crippen LogP contribution in [0.5, 0.6) is 5.75 Å². The molecule has 1 aromatic carbocycles. The van der Waals surface area contributed by atoms with E-state index in [-0.39, 0.29) is 40.5 Å². The van der Waals surface area contributed by atoms with Crippen molar-refractivity contribution in [3.63, 3.8) is 0 Å². The van der Waals surface area contributed by atoms with Gasteiger partial charge in [-0.05, 0) is 26.5 Å². The summed E-state index contributed by atoms with van der Waals surface area (Å²) in [6.07, 6.45) is 4.13. The number of anilines is 2. The molecule has 0 aliphatic carbocycles. The van der Waals surface area contributed by atoms with E-state index < -0.39 is 40.0 Å². The Labute approximate surface area is 255 Å². The van der Waals surface area contributed by atoms with Gasteiger partial charge in [0.1, 0.15) is 23.8 Å². The molecular weight excluding hydrogens is 596 g/mol. The quantitative estimate of drug-likeness (QED) is 0.309. The van der Waals surface area contributed by atoms with E-state index in [9.17, 15) is 23.9 Å². The average molecular weight is 624 g/mol. The number of amides is 1. The van der Waals surface area contributed by atoms with Crippen LogP contribution >= 0.6 is 11.6 Å². The van der Waals surface area contributed by atoms with Crippen molar-refractivity contribution in [1.82, 2.24) is 24.0 Å². The molecule has 0 spiro atoms. The monoisotopic (exact) mass is 623 g/mol. The highest BCUT2D eigenvalue weighted by molar-refractivity contribution is 6.33. The molecule has 11 nitrogen and oxygen atoms in total. The number of aromatic hydroxyl groups is 1. The normalized spacial score (nSPS) is 16.9. The molecule has 0 radical (unpaired) electrons. The number of aromatic nitrogens is 4. The smallest absolute Gasteiger partial charge is 0.263 e. The number of nitrogens with zero attached hydrogens (tertiary/aromatic N) is 6. The number of halogens is 3. The molecule has 1 unspecified atom stereocenters. The molecule has 1 atom stereocenters. The van der Waals surface area contributed by atoms with Gasteiger partial charge in [-0.25, -0.2) is 14.4 Å². The maximum absolute atomic E-state index is 15.2. The molecular formula is C30H28ClF2N7O4. The fraction of sp³-hybridized carbons (Fsp3) is 0.300. The van der Waals surface area contributed by atoms with Crippen LogP contribution in [0.2, 0.25) is 5.02 Å². The molecule has 14 heteroatoms. The van der Waals surface area contributed by atoms with Gasteiger partial charge in [0.2, 0.25) is 11.7 Å². The third kappa shape index (κ3) is 4.91. The maximum Gasteiger partial charge on any atom is 0.263 e. The number of nitrogens with one attached hydrogen (secondary N) is 1. The molecule has 2 aliphatic heterocycles. The van der Waals surface area contributed by atoms with Crippen LogP contribution in [0.15, 0.2) is 41.6 Å². The zero-order valence-corrected chi connectivity index (χ0v) is 24.7. The van der Waals surface area contributed by atoms with Gasteiger partial charge < -0.3 is 19.9 Å². The predicted molar refractivity (Wildman–Crippen MR) is 161 cm³/mol. The summed E-state index contributed by atoms with van der Waals surface area (Å²) in [6, 6.07) is 2.68. The molecule has 3 aromatic heterocycles. The Morgan fingerprint density at radius 1 is 1.27 bits per heavy atom. The van der Waals surface area contributed by atoms with Gasteiger partial charge in [-0.3, -0.25) is 23.9 Å². The number of piperazine rings is 1. The summed E-state index contributed by atoms with van der Waals surface area (Å²) >= 11 is 6.40. The van der Waals surface area contributed by atoms with Gasteiger partial charge >= 0.3 is 0 Å². The highest BCUT2D eigenvalue weighted by atomic mass is 35.5.